The van der Waals surface area contributed by atoms with E-state index < -0.39 is 0 Å². The lowest BCUT2D eigenvalue weighted by molar-refractivity contribution is 1.29. The van der Waals surface area contributed by atoms with E-state index in [2.05, 4.69) is 13.0 Å². The zero-order valence-electron chi connectivity index (χ0n) is 9.61. The predicted molar refractivity (Wildman–Crippen MR) is 76.6 cm³/mol. The van der Waals surface area contributed by atoms with Gasteiger partial charge in [0.2, 0.25) is 0 Å². The van der Waals surface area contributed by atoms with Crippen LogP contribution in [-0.4, -0.2) is 0 Å². The summed E-state index contributed by atoms with van der Waals surface area (Å²) in [7, 11) is 0. The van der Waals surface area contributed by atoms with Gasteiger partial charge in [-0.05, 0) is 36.2 Å². The molecule has 2 aromatic rings. The van der Waals surface area contributed by atoms with Crippen LogP contribution >= 0.6 is 23.4 Å². The lowest BCUT2D eigenvalue weighted by Gasteiger charge is -2.07. The molecule has 2 aromatic carbocycles. The van der Waals surface area contributed by atoms with E-state index in [4.69, 9.17) is 17.3 Å². The highest BCUT2D eigenvalue weighted by Gasteiger charge is 2.03. The van der Waals surface area contributed by atoms with Gasteiger partial charge in [0.1, 0.15) is 0 Å². The maximum Gasteiger partial charge on any atom is 0.0446 e. The van der Waals surface area contributed by atoms with Crippen molar-refractivity contribution in [3.05, 3.63) is 58.6 Å². The van der Waals surface area contributed by atoms with Gasteiger partial charge in [0.15, 0.2) is 0 Å². The van der Waals surface area contributed by atoms with Crippen LogP contribution in [0.5, 0.6) is 0 Å². The summed E-state index contributed by atoms with van der Waals surface area (Å²) in [5.74, 6) is 0.865. The molecule has 0 amide bonds. The fraction of sp³-hybridized carbons (Fsp3) is 0.143. The molecule has 17 heavy (non-hydrogen) atoms. The van der Waals surface area contributed by atoms with Crippen LogP contribution in [0, 0.1) is 6.92 Å². The Balaban J connectivity index is 2.12. The van der Waals surface area contributed by atoms with Crippen LogP contribution in [0.1, 0.15) is 11.1 Å². The van der Waals surface area contributed by atoms with Crippen LogP contribution in [0.2, 0.25) is 5.02 Å². The van der Waals surface area contributed by atoms with Crippen molar-refractivity contribution in [3.8, 4) is 0 Å². The zero-order valence-corrected chi connectivity index (χ0v) is 11.2. The quantitative estimate of drug-likeness (QED) is 0.651. The van der Waals surface area contributed by atoms with Crippen molar-refractivity contribution in [1.29, 1.82) is 0 Å². The fourth-order valence-corrected chi connectivity index (χ4v) is 2.90. The van der Waals surface area contributed by atoms with Gasteiger partial charge in [0.25, 0.3) is 0 Å². The van der Waals surface area contributed by atoms with Crippen LogP contribution in [0.15, 0.2) is 47.4 Å². The van der Waals surface area contributed by atoms with Gasteiger partial charge < -0.3 is 5.73 Å². The van der Waals surface area contributed by atoms with E-state index in [1.54, 1.807) is 11.8 Å². The molecule has 0 saturated carbocycles. The largest absolute Gasteiger partial charge is 0.399 e. The molecule has 0 bridgehead atoms. The number of benzene rings is 2. The molecule has 2 N–H and O–H groups in total. The van der Waals surface area contributed by atoms with Gasteiger partial charge in [0, 0.05) is 21.4 Å². The molecule has 0 aromatic heterocycles. The van der Waals surface area contributed by atoms with Gasteiger partial charge in [0.05, 0.1) is 0 Å². The number of anilines is 1. The van der Waals surface area contributed by atoms with Crippen LogP contribution in [0.25, 0.3) is 0 Å². The lowest BCUT2D eigenvalue weighted by atomic mass is 10.2. The first-order valence-corrected chi connectivity index (χ1v) is 6.75. The molecular formula is C14H14ClNS. The second-order valence-electron chi connectivity index (χ2n) is 3.91. The van der Waals surface area contributed by atoms with Crippen molar-refractivity contribution in [3.63, 3.8) is 0 Å². The van der Waals surface area contributed by atoms with Crippen molar-refractivity contribution < 1.29 is 0 Å². The average molecular weight is 264 g/mol. The summed E-state index contributed by atoms with van der Waals surface area (Å²) >= 11 is 7.89. The molecular weight excluding hydrogens is 250 g/mol. The summed E-state index contributed by atoms with van der Waals surface area (Å²) < 4.78 is 0. The number of aryl methyl sites for hydroxylation is 1. The van der Waals surface area contributed by atoms with Gasteiger partial charge in [-0.2, -0.15) is 0 Å². The third-order valence-electron chi connectivity index (χ3n) is 2.55. The molecule has 2 rings (SSSR count). The molecule has 0 unspecified atom stereocenters. The van der Waals surface area contributed by atoms with E-state index in [-0.39, 0.29) is 0 Å². The number of halogens is 1. The Morgan fingerprint density at radius 2 is 1.94 bits per heavy atom. The molecule has 0 aliphatic rings. The summed E-state index contributed by atoms with van der Waals surface area (Å²) in [6.45, 7) is 2.09. The van der Waals surface area contributed by atoms with Gasteiger partial charge in [-0.3, -0.25) is 0 Å². The Hall–Kier alpha value is -1.12. The first-order chi connectivity index (χ1) is 8.16. The predicted octanol–water partition coefficient (Wildman–Crippen LogP) is 4.52. The average Bonchev–Trinajstić information content (AvgIpc) is 2.32. The first-order valence-electron chi connectivity index (χ1n) is 5.39. The standard InChI is InChI=1S/C14H14ClNS/c1-10-6-7-12(16)8-14(10)17-9-11-4-2-3-5-13(11)15/h2-8H,9,16H2,1H3. The van der Waals surface area contributed by atoms with Crippen LogP contribution in [0.4, 0.5) is 5.69 Å². The SMILES string of the molecule is Cc1ccc(N)cc1SCc1ccccc1Cl. The smallest absolute Gasteiger partial charge is 0.0446 e. The number of thioether (sulfide) groups is 1. The number of hydrogen-bond acceptors (Lipinski definition) is 2. The number of nitrogens with two attached hydrogens (primary N) is 1. The van der Waals surface area contributed by atoms with E-state index in [0.717, 1.165) is 22.0 Å². The van der Waals surface area contributed by atoms with Gasteiger partial charge in [-0.15, -0.1) is 11.8 Å². The fourth-order valence-electron chi connectivity index (χ4n) is 1.54. The van der Waals surface area contributed by atoms with Crippen molar-refractivity contribution in [2.45, 2.75) is 17.6 Å². The third kappa shape index (κ3) is 3.18. The highest BCUT2D eigenvalue weighted by atomic mass is 35.5. The zero-order chi connectivity index (χ0) is 12.3. The van der Waals surface area contributed by atoms with Crippen molar-refractivity contribution in [2.75, 3.05) is 5.73 Å². The Morgan fingerprint density at radius 1 is 1.18 bits per heavy atom. The highest BCUT2D eigenvalue weighted by Crippen LogP contribution is 2.29. The van der Waals surface area contributed by atoms with E-state index >= 15 is 0 Å². The van der Waals surface area contributed by atoms with Gasteiger partial charge in [-0.25, -0.2) is 0 Å². The Morgan fingerprint density at radius 3 is 2.71 bits per heavy atom. The van der Waals surface area contributed by atoms with E-state index in [1.807, 2.05) is 36.4 Å². The van der Waals surface area contributed by atoms with Crippen LogP contribution in [0.3, 0.4) is 0 Å². The maximum atomic E-state index is 6.12. The van der Waals surface area contributed by atoms with E-state index in [1.165, 1.54) is 10.5 Å². The number of nitrogen functional groups attached to an aromatic ring is 1. The van der Waals surface area contributed by atoms with E-state index in [9.17, 15) is 0 Å². The Kier molecular flexibility index (Phi) is 3.97. The van der Waals surface area contributed by atoms with Crippen molar-refractivity contribution >= 4 is 29.1 Å². The normalized spacial score (nSPS) is 10.5. The lowest BCUT2D eigenvalue weighted by Crippen LogP contribution is -1.88. The topological polar surface area (TPSA) is 26.0 Å². The second-order valence-corrected chi connectivity index (χ2v) is 5.33. The maximum absolute atomic E-state index is 6.12. The number of hydrogen-bond donors (Lipinski definition) is 1. The third-order valence-corrected chi connectivity index (χ3v) is 4.13. The van der Waals surface area contributed by atoms with Gasteiger partial charge >= 0.3 is 0 Å². The minimum atomic E-state index is 0.803. The first kappa shape index (κ1) is 12.3. The highest BCUT2D eigenvalue weighted by molar-refractivity contribution is 7.98. The molecule has 0 heterocycles. The summed E-state index contributed by atoms with van der Waals surface area (Å²) in [6.07, 6.45) is 0. The Bertz CT molecular complexity index is 525. The molecule has 0 spiro atoms. The Labute approximate surface area is 111 Å². The minimum absolute atomic E-state index is 0.803. The molecule has 0 fully saturated rings. The second kappa shape index (κ2) is 5.48. The summed E-state index contributed by atoms with van der Waals surface area (Å²) in [6, 6.07) is 13.9. The molecule has 0 saturated heterocycles. The van der Waals surface area contributed by atoms with Crippen molar-refractivity contribution in [1.82, 2.24) is 0 Å². The molecule has 1 nitrogen and oxygen atoms in total. The summed E-state index contributed by atoms with van der Waals surface area (Å²) in [5.41, 5.74) is 8.99. The van der Waals surface area contributed by atoms with Crippen LogP contribution < -0.4 is 5.73 Å². The van der Waals surface area contributed by atoms with Crippen LogP contribution in [-0.2, 0) is 5.75 Å². The van der Waals surface area contributed by atoms with Crippen molar-refractivity contribution in [2.24, 2.45) is 0 Å². The van der Waals surface area contributed by atoms with E-state index in [0.29, 0.717) is 0 Å². The molecule has 3 heteroatoms. The molecule has 0 aliphatic heterocycles. The minimum Gasteiger partial charge on any atom is -0.399 e. The summed E-state index contributed by atoms with van der Waals surface area (Å²) in [4.78, 5) is 1.21. The molecule has 0 atom stereocenters. The molecule has 88 valence electrons. The monoisotopic (exact) mass is 263 g/mol. The number of rotatable bonds is 3. The molecule has 0 aliphatic carbocycles. The molecule has 0 radical (unpaired) electrons. The van der Waals surface area contributed by atoms with Gasteiger partial charge in [-0.1, -0.05) is 35.9 Å². The summed E-state index contributed by atoms with van der Waals surface area (Å²) in [5, 5.41) is 0.821.